The van der Waals surface area contributed by atoms with Crippen LogP contribution in [0.15, 0.2) is 72.9 Å². The van der Waals surface area contributed by atoms with Crippen molar-refractivity contribution in [3.05, 3.63) is 72.9 Å². The van der Waals surface area contributed by atoms with Gasteiger partial charge in [-0.25, -0.2) is 4.79 Å². The van der Waals surface area contributed by atoms with Gasteiger partial charge in [-0.05, 0) is 83.5 Å². The number of carboxylic acid groups (broad SMARTS) is 1. The highest BCUT2D eigenvalue weighted by atomic mass is 16.7. The van der Waals surface area contributed by atoms with Crippen LogP contribution in [0.4, 0.5) is 0 Å². The zero-order valence-electron chi connectivity index (χ0n) is 47.3. The van der Waals surface area contributed by atoms with Crippen molar-refractivity contribution in [2.45, 2.75) is 264 Å². The number of unbranched alkanes of at least 4 members (excludes halogenated alkanes) is 27. The van der Waals surface area contributed by atoms with Gasteiger partial charge in [-0.15, -0.1) is 0 Å². The molecule has 0 spiro atoms. The number of carbonyl (C=O) groups is 3. The van der Waals surface area contributed by atoms with E-state index in [1.807, 2.05) is 21.1 Å². The third-order valence-corrected chi connectivity index (χ3v) is 12.7. The summed E-state index contributed by atoms with van der Waals surface area (Å²) in [5.74, 6) is -2.01. The lowest BCUT2D eigenvalue weighted by Gasteiger charge is -2.25. The highest BCUT2D eigenvalue weighted by molar-refractivity contribution is 5.71. The normalized spacial score (nSPS) is 13.3. The minimum atomic E-state index is -1.51. The minimum absolute atomic E-state index is 0.185. The van der Waals surface area contributed by atoms with E-state index < -0.39 is 24.3 Å². The molecule has 0 aromatic rings. The van der Waals surface area contributed by atoms with Gasteiger partial charge in [0.15, 0.2) is 6.10 Å². The van der Waals surface area contributed by atoms with Crippen LogP contribution in [0.25, 0.3) is 0 Å². The van der Waals surface area contributed by atoms with E-state index in [9.17, 15) is 19.5 Å². The number of hydrogen-bond donors (Lipinski definition) is 1. The molecule has 0 saturated carbocycles. The number of likely N-dealkylation sites (N-methyl/N-ethyl adjacent to an activating group) is 1. The zero-order valence-corrected chi connectivity index (χ0v) is 47.3. The van der Waals surface area contributed by atoms with E-state index in [0.29, 0.717) is 17.4 Å². The summed E-state index contributed by atoms with van der Waals surface area (Å²) in [7, 11) is 5.97. The number of esters is 2. The highest BCUT2D eigenvalue weighted by Crippen LogP contribution is 2.16. The molecule has 0 heterocycles. The Hall–Kier alpha value is -3.27. The number of ether oxygens (including phenoxy) is 4. The molecule has 0 radical (unpaired) electrons. The summed E-state index contributed by atoms with van der Waals surface area (Å²) in [5.41, 5.74) is 0. The Morgan fingerprint density at radius 2 is 0.792 bits per heavy atom. The van der Waals surface area contributed by atoms with Crippen LogP contribution < -0.4 is 0 Å². The number of quaternary nitrogens is 1. The van der Waals surface area contributed by atoms with Crippen molar-refractivity contribution in [2.75, 3.05) is 47.5 Å². The van der Waals surface area contributed by atoms with Crippen molar-refractivity contribution in [3.63, 3.8) is 0 Å². The highest BCUT2D eigenvalue weighted by Gasteiger charge is 2.25. The van der Waals surface area contributed by atoms with E-state index in [1.165, 1.54) is 135 Å². The van der Waals surface area contributed by atoms with Gasteiger partial charge in [-0.2, -0.15) is 0 Å². The second kappa shape index (κ2) is 54.0. The predicted octanol–water partition coefficient (Wildman–Crippen LogP) is 17.4. The van der Waals surface area contributed by atoms with E-state index in [2.05, 4.69) is 86.8 Å². The molecule has 0 aliphatic heterocycles. The maximum atomic E-state index is 12.9. The second-order valence-corrected chi connectivity index (χ2v) is 20.9. The fraction of sp³-hybridized carbons (Fsp3) is 0.762. The van der Waals surface area contributed by atoms with Crippen molar-refractivity contribution >= 4 is 17.9 Å². The zero-order chi connectivity index (χ0) is 52.7. The molecule has 0 bridgehead atoms. The van der Waals surface area contributed by atoms with E-state index in [1.54, 1.807) is 0 Å². The molecule has 2 unspecified atom stereocenters. The van der Waals surface area contributed by atoms with E-state index in [0.717, 1.165) is 89.9 Å². The molecule has 72 heavy (non-hydrogen) atoms. The van der Waals surface area contributed by atoms with Crippen LogP contribution in [0.1, 0.15) is 251 Å². The molecule has 0 aromatic heterocycles. The lowest BCUT2D eigenvalue weighted by atomic mass is 10.0. The molecule has 2 atom stereocenters. The van der Waals surface area contributed by atoms with Crippen LogP contribution >= 0.6 is 0 Å². The molecule has 9 heteroatoms. The summed E-state index contributed by atoms with van der Waals surface area (Å²) in [6, 6.07) is 0. The molecular weight excluding hydrogens is 899 g/mol. The Labute approximate surface area is 443 Å². The predicted molar refractivity (Wildman–Crippen MR) is 304 cm³/mol. The molecule has 416 valence electrons. The summed E-state index contributed by atoms with van der Waals surface area (Å²) in [6.45, 7) is 4.77. The monoisotopic (exact) mass is 1010 g/mol. The van der Waals surface area contributed by atoms with Crippen molar-refractivity contribution < 1.29 is 42.9 Å². The quantitative estimate of drug-likeness (QED) is 0.0211. The number of carboxylic acids is 1. The largest absolute Gasteiger partial charge is 0.477 e. The molecule has 1 N–H and O–H groups in total. The summed E-state index contributed by atoms with van der Waals surface area (Å²) >= 11 is 0. The summed E-state index contributed by atoms with van der Waals surface area (Å²) < 4.78 is 22.9. The maximum absolute atomic E-state index is 12.9. The Kier molecular flexibility index (Phi) is 51.6. The topological polar surface area (TPSA) is 108 Å². The summed E-state index contributed by atoms with van der Waals surface area (Å²) in [6.07, 6.45) is 67.0. The van der Waals surface area contributed by atoms with Gasteiger partial charge in [0.25, 0.3) is 6.29 Å². The third-order valence-electron chi connectivity index (χ3n) is 12.7. The van der Waals surface area contributed by atoms with Crippen molar-refractivity contribution in [1.29, 1.82) is 0 Å². The Balaban J connectivity index is 4.17. The molecule has 0 aliphatic rings. The molecular formula is C63H112NO8+. The van der Waals surface area contributed by atoms with Crippen molar-refractivity contribution in [2.24, 2.45) is 0 Å². The average molecular weight is 1010 g/mol. The van der Waals surface area contributed by atoms with Gasteiger partial charge in [-0.3, -0.25) is 9.59 Å². The molecule has 0 amide bonds. The van der Waals surface area contributed by atoms with Crippen LogP contribution in [0.3, 0.4) is 0 Å². The van der Waals surface area contributed by atoms with E-state index in [-0.39, 0.29) is 32.2 Å². The van der Waals surface area contributed by atoms with Crippen LogP contribution in [-0.4, -0.2) is 87.4 Å². The smallest absolute Gasteiger partial charge is 0.361 e. The van der Waals surface area contributed by atoms with Crippen LogP contribution in [-0.2, 0) is 33.3 Å². The Bertz CT molecular complexity index is 1410. The molecule has 9 nitrogen and oxygen atoms in total. The number of nitrogens with zero attached hydrogens (tertiary/aromatic N) is 1. The summed E-state index contributed by atoms with van der Waals surface area (Å²) in [5, 5.41) is 9.70. The molecule has 0 aliphatic carbocycles. The SMILES string of the molecule is CC/C=C\C/C=C\C/C=C\C/C=C\C/C=C\CCCCCCCCCCCCCCCCCC(=O)OC(COC(=O)CCCCCCC/C=C\CCCCCCCCC)COC(OCC[N+](C)(C)C)C(=O)O. The van der Waals surface area contributed by atoms with Gasteiger partial charge >= 0.3 is 17.9 Å². The van der Waals surface area contributed by atoms with Gasteiger partial charge < -0.3 is 28.5 Å². The van der Waals surface area contributed by atoms with Crippen LogP contribution in [0, 0.1) is 0 Å². The van der Waals surface area contributed by atoms with Crippen LogP contribution in [0.2, 0.25) is 0 Å². The van der Waals surface area contributed by atoms with Crippen molar-refractivity contribution in [3.8, 4) is 0 Å². The first-order valence-electron chi connectivity index (χ1n) is 29.6. The average Bonchev–Trinajstić information content (AvgIpc) is 3.35. The first kappa shape index (κ1) is 68.7. The Morgan fingerprint density at radius 3 is 1.19 bits per heavy atom. The third kappa shape index (κ3) is 54.5. The Morgan fingerprint density at radius 1 is 0.431 bits per heavy atom. The van der Waals surface area contributed by atoms with Crippen LogP contribution in [0.5, 0.6) is 0 Å². The number of carbonyl (C=O) groups excluding carboxylic acids is 2. The van der Waals surface area contributed by atoms with E-state index >= 15 is 0 Å². The van der Waals surface area contributed by atoms with Gasteiger partial charge in [0.05, 0.1) is 34.4 Å². The fourth-order valence-electron chi connectivity index (χ4n) is 8.15. The lowest BCUT2D eigenvalue weighted by molar-refractivity contribution is -0.870. The number of hydrogen-bond acceptors (Lipinski definition) is 7. The van der Waals surface area contributed by atoms with E-state index in [4.69, 9.17) is 18.9 Å². The number of rotatable bonds is 54. The standard InChI is InChI=1S/C63H111NO8/c1-6-8-10-12-14-16-18-20-22-24-25-26-27-28-29-30-31-32-33-34-35-36-37-38-40-42-44-46-48-50-52-54-61(66)72-59(58-71-63(62(67)68)69-56-55-64(3,4)5)57-70-60(65)53-51-49-47-45-43-41-39-23-21-19-17-15-13-11-9-7-2/h8,10,14,16,20,22-23,25-26,28-29,39,59,63H,6-7,9,11-13,15,17-19,21,24,27,30-38,40-58H2,1-5H3/p+1/b10-8-,16-14-,22-20-,26-25-,29-28-,39-23-. The molecule has 0 saturated heterocycles. The minimum Gasteiger partial charge on any atom is -0.477 e. The second-order valence-electron chi connectivity index (χ2n) is 20.9. The van der Waals surface area contributed by atoms with Gasteiger partial charge in [-0.1, -0.05) is 228 Å². The molecule has 0 rings (SSSR count). The first-order valence-corrected chi connectivity index (χ1v) is 29.6. The first-order chi connectivity index (χ1) is 35.1. The van der Waals surface area contributed by atoms with Gasteiger partial charge in [0, 0.05) is 12.8 Å². The van der Waals surface area contributed by atoms with Crippen molar-refractivity contribution in [1.82, 2.24) is 0 Å². The number of aliphatic carboxylic acids is 1. The van der Waals surface area contributed by atoms with Gasteiger partial charge in [0.1, 0.15) is 13.2 Å². The number of allylic oxidation sites excluding steroid dienone is 12. The summed E-state index contributed by atoms with van der Waals surface area (Å²) in [4.78, 5) is 37.4. The molecule has 0 fully saturated rings. The molecule has 0 aromatic carbocycles. The fourth-order valence-corrected chi connectivity index (χ4v) is 8.15. The maximum Gasteiger partial charge on any atom is 0.361 e. The lowest BCUT2D eigenvalue weighted by Crippen LogP contribution is -2.40. The van der Waals surface area contributed by atoms with Gasteiger partial charge in [0.2, 0.25) is 0 Å².